The third-order valence-electron chi connectivity index (χ3n) is 5.05. The fraction of sp³-hybridized carbons (Fsp3) is 0.526. The molecule has 2 fully saturated rings. The molecule has 1 heterocycles. The van der Waals surface area contributed by atoms with Crippen LogP contribution in [0.15, 0.2) is 24.3 Å². The van der Waals surface area contributed by atoms with Crippen LogP contribution in [0.5, 0.6) is 0 Å². The molecule has 7 heteroatoms. The molecule has 3 rings (SSSR count). The Balaban J connectivity index is 1.71. The van der Waals surface area contributed by atoms with Gasteiger partial charge in [-0.3, -0.25) is 14.5 Å². The molecule has 1 saturated carbocycles. The van der Waals surface area contributed by atoms with Gasteiger partial charge in [0.05, 0.1) is 0 Å². The van der Waals surface area contributed by atoms with E-state index in [-0.39, 0.29) is 17.9 Å². The number of amides is 4. The highest BCUT2D eigenvalue weighted by molar-refractivity contribution is 6.10. The number of hydrogen-bond donors (Lipinski definition) is 2. The molecule has 1 aromatic carbocycles. The number of benzene rings is 1. The second-order valence-electron chi connectivity index (χ2n) is 8.31. The average Bonchev–Trinajstić information content (AvgIpc) is 2.71. The molecule has 1 spiro atoms. The largest absolute Gasteiger partial charge is 0.325 e. The summed E-state index contributed by atoms with van der Waals surface area (Å²) in [5, 5.41) is 5.41. The first-order chi connectivity index (χ1) is 12.1. The first-order valence-corrected chi connectivity index (χ1v) is 8.80. The number of anilines is 1. The summed E-state index contributed by atoms with van der Waals surface area (Å²) >= 11 is 0. The normalized spacial score (nSPS) is 27.5. The predicted molar refractivity (Wildman–Crippen MR) is 94.8 cm³/mol. The number of carbonyl (C=O) groups is 3. The Bertz CT molecular complexity index is 747. The highest BCUT2D eigenvalue weighted by Crippen LogP contribution is 2.46. The van der Waals surface area contributed by atoms with Gasteiger partial charge in [0.25, 0.3) is 5.91 Å². The monoisotopic (exact) mass is 361 g/mol. The van der Waals surface area contributed by atoms with Crippen molar-refractivity contribution in [1.82, 2.24) is 10.2 Å². The molecule has 4 amide bonds. The van der Waals surface area contributed by atoms with Gasteiger partial charge in [0, 0.05) is 5.69 Å². The van der Waals surface area contributed by atoms with Crippen LogP contribution in [0.25, 0.3) is 0 Å². The first kappa shape index (κ1) is 18.4. The number of halogens is 1. The molecule has 2 atom stereocenters. The number of hydrogen-bond acceptors (Lipinski definition) is 3. The molecular weight excluding hydrogens is 337 g/mol. The van der Waals surface area contributed by atoms with E-state index in [4.69, 9.17) is 0 Å². The van der Waals surface area contributed by atoms with Crippen molar-refractivity contribution >= 4 is 23.5 Å². The molecule has 0 unspecified atom stereocenters. The molecule has 26 heavy (non-hydrogen) atoms. The Morgan fingerprint density at radius 1 is 1.27 bits per heavy atom. The zero-order valence-corrected chi connectivity index (χ0v) is 15.3. The van der Waals surface area contributed by atoms with Crippen molar-refractivity contribution in [3.05, 3.63) is 30.1 Å². The minimum atomic E-state index is -0.922. The second kappa shape index (κ2) is 6.37. The lowest BCUT2D eigenvalue weighted by atomic mass is 9.64. The van der Waals surface area contributed by atoms with E-state index in [0.29, 0.717) is 24.4 Å². The second-order valence-corrected chi connectivity index (χ2v) is 8.31. The molecule has 0 aromatic heterocycles. The van der Waals surface area contributed by atoms with Crippen LogP contribution in [-0.2, 0) is 9.59 Å². The van der Waals surface area contributed by atoms with Crippen molar-refractivity contribution in [3.8, 4) is 0 Å². The summed E-state index contributed by atoms with van der Waals surface area (Å²) in [5.74, 6) is -0.944. The number of rotatable bonds is 3. The molecule has 1 aliphatic heterocycles. The summed E-state index contributed by atoms with van der Waals surface area (Å²) in [6, 6.07) is 4.76. The number of carbonyl (C=O) groups excluding carboxylic acids is 3. The van der Waals surface area contributed by atoms with Crippen molar-refractivity contribution in [2.75, 3.05) is 11.9 Å². The van der Waals surface area contributed by atoms with E-state index in [1.54, 1.807) is 0 Å². The molecule has 1 aliphatic carbocycles. The third kappa shape index (κ3) is 3.57. The molecule has 1 aromatic rings. The van der Waals surface area contributed by atoms with Gasteiger partial charge in [0.15, 0.2) is 0 Å². The van der Waals surface area contributed by atoms with E-state index in [1.807, 2.05) is 0 Å². The van der Waals surface area contributed by atoms with Crippen LogP contribution in [0, 0.1) is 17.2 Å². The smallest absolute Gasteiger partial charge is 0.325 e. The van der Waals surface area contributed by atoms with Gasteiger partial charge in [-0.1, -0.05) is 20.8 Å². The maximum atomic E-state index is 13.0. The van der Waals surface area contributed by atoms with E-state index in [1.165, 1.54) is 24.3 Å². The van der Waals surface area contributed by atoms with Gasteiger partial charge in [0.1, 0.15) is 17.9 Å². The lowest BCUT2D eigenvalue weighted by Crippen LogP contribution is -2.54. The van der Waals surface area contributed by atoms with Crippen LogP contribution in [0.2, 0.25) is 0 Å². The average molecular weight is 361 g/mol. The summed E-state index contributed by atoms with van der Waals surface area (Å²) in [6.45, 7) is 5.89. The SMILES string of the molecule is C[C@@H]1CC(C)(C)C[C@]2(C1)NC(=O)N(CC(=O)Nc1ccc(F)cc1)C2=O. The fourth-order valence-corrected chi connectivity index (χ4v) is 4.53. The minimum Gasteiger partial charge on any atom is -0.325 e. The maximum absolute atomic E-state index is 13.0. The molecule has 2 N–H and O–H groups in total. The zero-order valence-electron chi connectivity index (χ0n) is 15.3. The van der Waals surface area contributed by atoms with E-state index >= 15 is 0 Å². The summed E-state index contributed by atoms with van der Waals surface area (Å²) in [5.41, 5.74) is -0.577. The molecule has 2 aliphatic rings. The number of urea groups is 1. The molecule has 140 valence electrons. The minimum absolute atomic E-state index is 0.0625. The van der Waals surface area contributed by atoms with Crippen molar-refractivity contribution in [1.29, 1.82) is 0 Å². The Hall–Kier alpha value is -2.44. The van der Waals surface area contributed by atoms with E-state index < -0.39 is 23.3 Å². The Kier molecular flexibility index (Phi) is 4.50. The Morgan fingerprint density at radius 3 is 2.54 bits per heavy atom. The van der Waals surface area contributed by atoms with Crippen LogP contribution < -0.4 is 10.6 Å². The quantitative estimate of drug-likeness (QED) is 0.813. The van der Waals surface area contributed by atoms with Crippen LogP contribution >= 0.6 is 0 Å². The summed E-state index contributed by atoms with van der Waals surface area (Å²) < 4.78 is 12.9. The van der Waals surface area contributed by atoms with Gasteiger partial charge in [-0.05, 0) is 54.9 Å². The van der Waals surface area contributed by atoms with E-state index in [2.05, 4.69) is 31.4 Å². The van der Waals surface area contributed by atoms with Crippen LogP contribution in [0.1, 0.15) is 40.0 Å². The fourth-order valence-electron chi connectivity index (χ4n) is 4.53. The predicted octanol–water partition coefficient (Wildman–Crippen LogP) is 2.90. The molecular formula is C19H24FN3O3. The van der Waals surface area contributed by atoms with Crippen molar-refractivity contribution in [3.63, 3.8) is 0 Å². The first-order valence-electron chi connectivity index (χ1n) is 8.80. The van der Waals surface area contributed by atoms with Crippen molar-refractivity contribution in [2.24, 2.45) is 11.3 Å². The summed E-state index contributed by atoms with van der Waals surface area (Å²) in [7, 11) is 0. The van der Waals surface area contributed by atoms with E-state index in [9.17, 15) is 18.8 Å². The van der Waals surface area contributed by atoms with Gasteiger partial charge < -0.3 is 10.6 Å². The lowest BCUT2D eigenvalue weighted by Gasteiger charge is -2.43. The van der Waals surface area contributed by atoms with Gasteiger partial charge in [-0.15, -0.1) is 0 Å². The van der Waals surface area contributed by atoms with Crippen LogP contribution in [0.3, 0.4) is 0 Å². The Morgan fingerprint density at radius 2 is 1.92 bits per heavy atom. The highest BCUT2D eigenvalue weighted by atomic mass is 19.1. The van der Waals surface area contributed by atoms with Gasteiger partial charge in [-0.2, -0.15) is 0 Å². The zero-order chi connectivity index (χ0) is 19.1. The topological polar surface area (TPSA) is 78.5 Å². The van der Waals surface area contributed by atoms with Gasteiger partial charge >= 0.3 is 6.03 Å². The lowest BCUT2D eigenvalue weighted by molar-refractivity contribution is -0.136. The van der Waals surface area contributed by atoms with Crippen LogP contribution in [0.4, 0.5) is 14.9 Å². The molecule has 0 radical (unpaired) electrons. The van der Waals surface area contributed by atoms with Gasteiger partial charge in [-0.25, -0.2) is 9.18 Å². The highest BCUT2D eigenvalue weighted by Gasteiger charge is 2.56. The molecule has 1 saturated heterocycles. The maximum Gasteiger partial charge on any atom is 0.325 e. The number of nitrogens with one attached hydrogen (secondary N) is 2. The van der Waals surface area contributed by atoms with Crippen LogP contribution in [-0.4, -0.2) is 34.8 Å². The standard InChI is InChI=1S/C19H24FN3O3/c1-12-8-18(2,3)11-19(9-12)16(25)23(17(26)22-19)10-15(24)21-14-6-4-13(20)5-7-14/h4-7,12H,8-11H2,1-3H3,(H,21,24)(H,22,26)/t12-,19+/m1/s1. The van der Waals surface area contributed by atoms with E-state index in [0.717, 1.165) is 11.3 Å². The molecule has 0 bridgehead atoms. The molecule has 6 nitrogen and oxygen atoms in total. The Labute approximate surface area is 152 Å². The summed E-state index contributed by atoms with van der Waals surface area (Å²) in [4.78, 5) is 38.6. The number of imide groups is 1. The van der Waals surface area contributed by atoms with Gasteiger partial charge in [0.2, 0.25) is 5.91 Å². The third-order valence-corrected chi connectivity index (χ3v) is 5.05. The number of nitrogens with zero attached hydrogens (tertiary/aromatic N) is 1. The summed E-state index contributed by atoms with van der Waals surface area (Å²) in [6.07, 6.45) is 2.13. The van der Waals surface area contributed by atoms with Crippen molar-refractivity contribution < 1.29 is 18.8 Å². The van der Waals surface area contributed by atoms with Crippen molar-refractivity contribution in [2.45, 2.75) is 45.6 Å².